The Morgan fingerprint density at radius 1 is 1.30 bits per heavy atom. The van der Waals surface area contributed by atoms with Crippen LogP contribution in [-0.4, -0.2) is 44.8 Å². The van der Waals surface area contributed by atoms with Gasteiger partial charge in [0.2, 0.25) is 0 Å². The molecule has 1 aromatic carbocycles. The molecule has 1 unspecified atom stereocenters. The highest BCUT2D eigenvalue weighted by Gasteiger charge is 2.41. The van der Waals surface area contributed by atoms with E-state index in [4.69, 9.17) is 4.74 Å². The number of aromatic nitrogens is 1. The summed E-state index contributed by atoms with van der Waals surface area (Å²) in [5, 5.41) is 10.8. The van der Waals surface area contributed by atoms with Crippen LogP contribution >= 0.6 is 0 Å². The maximum absolute atomic E-state index is 13.0. The first-order valence-electron chi connectivity index (χ1n) is 10.1. The second-order valence-electron chi connectivity index (χ2n) is 8.83. The number of carboxylic acid groups (broad SMARTS) is 1. The second-order valence-corrected chi connectivity index (χ2v) is 8.83. The van der Waals surface area contributed by atoms with E-state index in [0.29, 0.717) is 13.0 Å². The average molecular weight is 406 g/mol. The molecular formula is C24H26N2O4. The summed E-state index contributed by atoms with van der Waals surface area (Å²) in [6.45, 7) is 7.96. The van der Waals surface area contributed by atoms with Crippen molar-refractivity contribution in [1.82, 2.24) is 9.47 Å². The van der Waals surface area contributed by atoms with Gasteiger partial charge in [-0.15, -0.1) is 5.92 Å². The molecule has 1 aliphatic heterocycles. The molecule has 0 radical (unpaired) electrons. The molecule has 30 heavy (non-hydrogen) atoms. The summed E-state index contributed by atoms with van der Waals surface area (Å²) in [6.07, 6.45) is 4.06. The first-order valence-corrected chi connectivity index (χ1v) is 10.1. The van der Waals surface area contributed by atoms with E-state index in [1.165, 1.54) is 0 Å². The monoisotopic (exact) mass is 406 g/mol. The van der Waals surface area contributed by atoms with E-state index in [1.54, 1.807) is 4.90 Å². The largest absolute Gasteiger partial charge is 0.481 e. The summed E-state index contributed by atoms with van der Waals surface area (Å²) in [5.74, 6) is 4.33. The van der Waals surface area contributed by atoms with Gasteiger partial charge in [0.15, 0.2) is 0 Å². The van der Waals surface area contributed by atoms with Crippen LogP contribution in [0.4, 0.5) is 4.79 Å². The fourth-order valence-corrected chi connectivity index (χ4v) is 4.39. The molecule has 2 heterocycles. The Morgan fingerprint density at radius 3 is 2.73 bits per heavy atom. The van der Waals surface area contributed by atoms with E-state index in [1.807, 2.05) is 45.9 Å². The summed E-state index contributed by atoms with van der Waals surface area (Å²) in [5.41, 5.74) is 3.44. The molecule has 0 saturated heterocycles. The molecule has 2 aromatic rings. The normalized spacial score (nSPS) is 20.1. The van der Waals surface area contributed by atoms with Crippen molar-refractivity contribution in [3.63, 3.8) is 0 Å². The number of rotatable bonds is 2. The Labute approximate surface area is 176 Å². The van der Waals surface area contributed by atoms with Gasteiger partial charge in [0, 0.05) is 23.6 Å². The van der Waals surface area contributed by atoms with Crippen molar-refractivity contribution in [3.05, 3.63) is 41.6 Å². The topological polar surface area (TPSA) is 71.8 Å². The molecule has 0 fully saturated rings. The molecular weight excluding hydrogens is 380 g/mol. The predicted octanol–water partition coefficient (Wildman–Crippen LogP) is 3.92. The lowest BCUT2D eigenvalue weighted by atomic mass is 9.80. The maximum atomic E-state index is 13.0. The smallest absolute Gasteiger partial charge is 0.410 e. The van der Waals surface area contributed by atoms with E-state index >= 15 is 0 Å². The van der Waals surface area contributed by atoms with E-state index in [0.717, 1.165) is 27.6 Å². The van der Waals surface area contributed by atoms with Crippen LogP contribution in [0.5, 0.6) is 0 Å². The minimum atomic E-state index is -0.941. The van der Waals surface area contributed by atoms with Gasteiger partial charge in [-0.2, -0.15) is 0 Å². The lowest BCUT2D eigenvalue weighted by Crippen LogP contribution is -2.51. The number of fused-ring (bicyclic) bond motifs is 2. The number of benzene rings is 1. The van der Waals surface area contributed by atoms with Crippen LogP contribution in [0.1, 0.15) is 38.8 Å². The van der Waals surface area contributed by atoms with Crippen molar-refractivity contribution in [2.75, 3.05) is 6.54 Å². The third kappa shape index (κ3) is 3.45. The zero-order chi connectivity index (χ0) is 21.6. The van der Waals surface area contributed by atoms with Gasteiger partial charge in [-0.25, -0.2) is 4.79 Å². The number of carboxylic acids is 1. The molecule has 6 heteroatoms. The molecule has 1 N–H and O–H groups in total. The number of carbonyl (C=O) groups is 2. The lowest BCUT2D eigenvalue weighted by molar-refractivity contribution is -0.140. The fourth-order valence-electron chi connectivity index (χ4n) is 4.39. The number of aliphatic carboxylic acids is 1. The molecule has 0 spiro atoms. The Hall–Kier alpha value is -3.20. The van der Waals surface area contributed by atoms with Crippen LogP contribution < -0.4 is 0 Å². The van der Waals surface area contributed by atoms with Crippen LogP contribution in [0.15, 0.2) is 30.5 Å². The first-order chi connectivity index (χ1) is 14.2. The SMILES string of the molecule is CC#CCn1cc2c3c(cccc31)C1=C[C@@H](C(=O)O)CN(C(=O)OC(C)(C)C)C1C2. The highest BCUT2D eigenvalue weighted by Crippen LogP contribution is 2.42. The third-order valence-corrected chi connectivity index (χ3v) is 5.59. The lowest BCUT2D eigenvalue weighted by Gasteiger charge is -2.41. The zero-order valence-electron chi connectivity index (χ0n) is 17.7. The van der Waals surface area contributed by atoms with E-state index < -0.39 is 23.6 Å². The predicted molar refractivity (Wildman–Crippen MR) is 115 cm³/mol. The van der Waals surface area contributed by atoms with Crippen LogP contribution in [-0.2, 0) is 22.5 Å². The number of amides is 1. The van der Waals surface area contributed by atoms with Gasteiger partial charge in [-0.1, -0.05) is 24.1 Å². The van der Waals surface area contributed by atoms with E-state index in [2.05, 4.69) is 28.7 Å². The first kappa shape index (κ1) is 20.1. The fraction of sp³-hybridized carbons (Fsp3) is 0.417. The summed E-state index contributed by atoms with van der Waals surface area (Å²) < 4.78 is 7.74. The molecule has 1 aromatic heterocycles. The van der Waals surface area contributed by atoms with E-state index in [-0.39, 0.29) is 12.6 Å². The van der Waals surface area contributed by atoms with Crippen LogP contribution in [0.25, 0.3) is 16.5 Å². The van der Waals surface area contributed by atoms with Gasteiger partial charge >= 0.3 is 12.1 Å². The van der Waals surface area contributed by atoms with Crippen molar-refractivity contribution >= 4 is 28.5 Å². The van der Waals surface area contributed by atoms with Gasteiger partial charge in [0.05, 0.1) is 18.5 Å². The number of nitrogens with zero attached hydrogens (tertiary/aromatic N) is 2. The molecule has 1 amide bonds. The minimum Gasteiger partial charge on any atom is -0.481 e. The highest BCUT2D eigenvalue weighted by molar-refractivity contribution is 6.00. The van der Waals surface area contributed by atoms with E-state index in [9.17, 15) is 14.7 Å². The second kappa shape index (κ2) is 7.24. The van der Waals surface area contributed by atoms with Gasteiger partial charge in [-0.05, 0) is 56.9 Å². The van der Waals surface area contributed by atoms with Crippen LogP contribution in [0.2, 0.25) is 0 Å². The summed E-state index contributed by atoms with van der Waals surface area (Å²) in [4.78, 5) is 26.4. The Kier molecular flexibility index (Phi) is 4.85. The molecule has 2 atom stereocenters. The minimum absolute atomic E-state index is 0.103. The summed E-state index contributed by atoms with van der Waals surface area (Å²) in [7, 11) is 0. The number of carbonyl (C=O) groups excluding carboxylic acids is 1. The van der Waals surface area contributed by atoms with Gasteiger partial charge < -0.3 is 14.4 Å². The maximum Gasteiger partial charge on any atom is 0.410 e. The molecule has 156 valence electrons. The molecule has 2 aliphatic rings. The van der Waals surface area contributed by atoms with Gasteiger partial charge in [-0.3, -0.25) is 9.69 Å². The number of hydrogen-bond donors (Lipinski definition) is 1. The van der Waals surface area contributed by atoms with Crippen molar-refractivity contribution in [1.29, 1.82) is 0 Å². The van der Waals surface area contributed by atoms with Crippen molar-refractivity contribution < 1.29 is 19.4 Å². The summed E-state index contributed by atoms with van der Waals surface area (Å²) in [6, 6.07) is 5.80. The molecule has 0 bridgehead atoms. The third-order valence-electron chi connectivity index (χ3n) is 5.59. The molecule has 0 saturated carbocycles. The van der Waals surface area contributed by atoms with Crippen molar-refractivity contribution in [3.8, 4) is 11.8 Å². The molecule has 1 aliphatic carbocycles. The standard InChI is InChI=1S/C24H26N2O4/c1-5-6-10-25-13-15-12-20-18(17-8-7-9-19(25)21(15)17)11-16(22(27)28)14-26(20)23(29)30-24(2,3)4/h7-9,11,13,16,20H,10,12,14H2,1-4H3,(H,27,28)/t16-,20?/m1/s1. The summed E-state index contributed by atoms with van der Waals surface area (Å²) >= 11 is 0. The van der Waals surface area contributed by atoms with Crippen molar-refractivity contribution in [2.24, 2.45) is 5.92 Å². The molecule has 4 rings (SSSR count). The van der Waals surface area contributed by atoms with Crippen LogP contribution in [0.3, 0.4) is 0 Å². The number of ether oxygens (including phenoxy) is 1. The Balaban J connectivity index is 1.83. The Morgan fingerprint density at radius 2 is 2.07 bits per heavy atom. The van der Waals surface area contributed by atoms with Crippen molar-refractivity contribution in [2.45, 2.75) is 52.3 Å². The van der Waals surface area contributed by atoms with Gasteiger partial charge in [0.25, 0.3) is 0 Å². The Bertz CT molecular complexity index is 1120. The number of hydrogen-bond acceptors (Lipinski definition) is 3. The zero-order valence-corrected chi connectivity index (χ0v) is 17.7. The van der Waals surface area contributed by atoms with Crippen LogP contribution in [0, 0.1) is 17.8 Å². The van der Waals surface area contributed by atoms with Gasteiger partial charge in [0.1, 0.15) is 5.60 Å². The molecule has 6 nitrogen and oxygen atoms in total. The highest BCUT2D eigenvalue weighted by atomic mass is 16.6. The quantitative estimate of drug-likeness (QED) is 0.768. The average Bonchev–Trinajstić information content (AvgIpc) is 3.03.